The Morgan fingerprint density at radius 3 is 2.52 bits per heavy atom. The van der Waals surface area contributed by atoms with Gasteiger partial charge in [-0.2, -0.15) is 0 Å². The summed E-state index contributed by atoms with van der Waals surface area (Å²) in [6.45, 7) is 8.71. The molecule has 0 unspecified atom stereocenters. The zero-order valence-electron chi connectivity index (χ0n) is 17.0. The van der Waals surface area contributed by atoms with Gasteiger partial charge >= 0.3 is 0 Å². The molecule has 1 aliphatic heterocycles. The molecule has 0 bridgehead atoms. The summed E-state index contributed by atoms with van der Waals surface area (Å²) < 4.78 is 0. The summed E-state index contributed by atoms with van der Waals surface area (Å²) in [5.74, 6) is 0.746. The van der Waals surface area contributed by atoms with Crippen LogP contribution >= 0.6 is 0 Å². The van der Waals surface area contributed by atoms with Gasteiger partial charge in [0.05, 0.1) is 6.54 Å². The summed E-state index contributed by atoms with van der Waals surface area (Å²) in [5.41, 5.74) is 1.30. The highest BCUT2D eigenvalue weighted by Gasteiger charge is 2.20. The molecule has 0 atom stereocenters. The predicted octanol–water partition coefficient (Wildman–Crippen LogP) is 2.43. The van der Waals surface area contributed by atoms with Crippen molar-refractivity contribution < 1.29 is 9.59 Å². The molecule has 2 rings (SSSR count). The first kappa shape index (κ1) is 21.4. The molecule has 1 aliphatic rings. The van der Waals surface area contributed by atoms with Crippen molar-refractivity contribution in [2.24, 2.45) is 5.92 Å². The molecular formula is C21H34N4O2. The van der Waals surface area contributed by atoms with Crippen LogP contribution in [0.2, 0.25) is 0 Å². The molecule has 6 nitrogen and oxygen atoms in total. The first-order valence-corrected chi connectivity index (χ1v) is 10.1. The Hall–Kier alpha value is -1.92. The number of rotatable bonds is 9. The van der Waals surface area contributed by atoms with E-state index in [1.165, 1.54) is 6.42 Å². The quantitative estimate of drug-likeness (QED) is 0.697. The van der Waals surface area contributed by atoms with Crippen LogP contribution in [0.15, 0.2) is 24.3 Å². The van der Waals surface area contributed by atoms with Crippen molar-refractivity contribution in [2.75, 3.05) is 51.6 Å². The van der Waals surface area contributed by atoms with Gasteiger partial charge in [-0.15, -0.1) is 0 Å². The molecule has 0 aromatic heterocycles. The van der Waals surface area contributed by atoms with Gasteiger partial charge in [-0.3, -0.25) is 14.5 Å². The lowest BCUT2D eigenvalue weighted by Crippen LogP contribution is -2.39. The topological polar surface area (TPSA) is 64.7 Å². The van der Waals surface area contributed by atoms with Gasteiger partial charge < -0.3 is 15.5 Å². The molecule has 1 aromatic rings. The average molecular weight is 375 g/mol. The van der Waals surface area contributed by atoms with E-state index in [-0.39, 0.29) is 11.8 Å². The Kier molecular flexibility index (Phi) is 8.75. The van der Waals surface area contributed by atoms with Crippen molar-refractivity contribution in [2.45, 2.75) is 33.1 Å². The molecule has 2 amide bonds. The molecule has 1 aromatic carbocycles. The number of anilines is 1. The van der Waals surface area contributed by atoms with Crippen LogP contribution in [0.1, 0.15) is 43.5 Å². The molecule has 1 heterocycles. The maximum Gasteiger partial charge on any atom is 0.253 e. The van der Waals surface area contributed by atoms with Gasteiger partial charge in [-0.25, -0.2) is 0 Å². The lowest BCUT2D eigenvalue weighted by Gasteiger charge is -2.31. The molecule has 0 saturated carbocycles. The van der Waals surface area contributed by atoms with Crippen molar-refractivity contribution >= 4 is 17.5 Å². The lowest BCUT2D eigenvalue weighted by atomic mass is 9.93. The van der Waals surface area contributed by atoms with Gasteiger partial charge in [0.1, 0.15) is 0 Å². The van der Waals surface area contributed by atoms with Gasteiger partial charge in [-0.05, 0) is 83.9 Å². The molecular weight excluding hydrogens is 340 g/mol. The molecule has 150 valence electrons. The summed E-state index contributed by atoms with van der Waals surface area (Å²) in [5, 5.41) is 6.15. The van der Waals surface area contributed by atoms with Gasteiger partial charge in [0, 0.05) is 24.3 Å². The van der Waals surface area contributed by atoms with E-state index in [1.807, 2.05) is 33.0 Å². The Bertz CT molecular complexity index is 608. The monoisotopic (exact) mass is 374 g/mol. The van der Waals surface area contributed by atoms with Crippen LogP contribution in [0.3, 0.4) is 0 Å². The third-order valence-electron chi connectivity index (χ3n) is 5.32. The summed E-state index contributed by atoms with van der Waals surface area (Å²) in [6, 6.07) is 7.22. The van der Waals surface area contributed by atoms with Crippen LogP contribution in [-0.4, -0.2) is 67.9 Å². The van der Waals surface area contributed by atoms with E-state index in [1.54, 1.807) is 17.0 Å². The predicted molar refractivity (Wildman–Crippen MR) is 110 cm³/mol. The molecule has 1 fully saturated rings. The smallest absolute Gasteiger partial charge is 0.253 e. The van der Waals surface area contributed by atoms with Gasteiger partial charge in [0.15, 0.2) is 0 Å². The highest BCUT2D eigenvalue weighted by molar-refractivity contribution is 5.97. The third-order valence-corrected chi connectivity index (χ3v) is 5.32. The van der Waals surface area contributed by atoms with Crippen molar-refractivity contribution in [1.29, 1.82) is 0 Å². The molecule has 0 aliphatic carbocycles. The molecule has 2 N–H and O–H groups in total. The van der Waals surface area contributed by atoms with E-state index in [0.717, 1.165) is 38.4 Å². The molecule has 0 spiro atoms. The van der Waals surface area contributed by atoms with Crippen LogP contribution in [0.5, 0.6) is 0 Å². The zero-order valence-corrected chi connectivity index (χ0v) is 17.0. The number of hydrogen-bond acceptors (Lipinski definition) is 4. The van der Waals surface area contributed by atoms with Crippen LogP contribution in [0, 0.1) is 5.92 Å². The van der Waals surface area contributed by atoms with Gasteiger partial charge in [-0.1, -0.05) is 6.07 Å². The maximum atomic E-state index is 12.5. The highest BCUT2D eigenvalue weighted by atomic mass is 16.2. The Morgan fingerprint density at radius 1 is 1.19 bits per heavy atom. The standard InChI is InChI=1S/C21H34N4O2/c1-4-25(5-2)21(27)18-7-6-8-19(15-18)23-20(26)16-24-13-10-17(11-14-24)9-12-22-3/h6-8,15,17,22H,4-5,9-14,16H2,1-3H3,(H,23,26). The average Bonchev–Trinajstić information content (AvgIpc) is 2.68. The van der Waals surface area contributed by atoms with Crippen molar-refractivity contribution in [3.63, 3.8) is 0 Å². The minimum absolute atomic E-state index is 0.000240. The number of nitrogens with zero attached hydrogens (tertiary/aromatic N) is 2. The number of hydrogen-bond donors (Lipinski definition) is 2. The van der Waals surface area contributed by atoms with Crippen LogP contribution < -0.4 is 10.6 Å². The number of piperidine rings is 1. The first-order chi connectivity index (χ1) is 13.1. The second-order valence-electron chi connectivity index (χ2n) is 7.22. The van der Waals surface area contributed by atoms with E-state index in [4.69, 9.17) is 0 Å². The molecule has 27 heavy (non-hydrogen) atoms. The van der Waals surface area contributed by atoms with E-state index in [2.05, 4.69) is 15.5 Å². The van der Waals surface area contributed by atoms with E-state index in [9.17, 15) is 9.59 Å². The van der Waals surface area contributed by atoms with E-state index >= 15 is 0 Å². The number of carbonyl (C=O) groups excluding carboxylic acids is 2. The summed E-state index contributed by atoms with van der Waals surface area (Å²) in [4.78, 5) is 28.9. The number of benzene rings is 1. The fourth-order valence-electron chi connectivity index (χ4n) is 3.61. The minimum atomic E-state index is -0.0175. The summed E-state index contributed by atoms with van der Waals surface area (Å²) in [6.07, 6.45) is 3.52. The van der Waals surface area contributed by atoms with E-state index < -0.39 is 0 Å². The SMILES string of the molecule is CCN(CC)C(=O)c1cccc(NC(=O)CN2CCC(CCNC)CC2)c1. The Balaban J connectivity index is 1.84. The Morgan fingerprint density at radius 2 is 1.89 bits per heavy atom. The van der Waals surface area contributed by atoms with Crippen molar-refractivity contribution in [3.05, 3.63) is 29.8 Å². The van der Waals surface area contributed by atoms with Crippen LogP contribution in [0.4, 0.5) is 5.69 Å². The first-order valence-electron chi connectivity index (χ1n) is 10.1. The summed E-state index contributed by atoms with van der Waals surface area (Å²) >= 11 is 0. The van der Waals surface area contributed by atoms with Crippen LogP contribution in [-0.2, 0) is 4.79 Å². The third kappa shape index (κ3) is 6.63. The maximum absolute atomic E-state index is 12.5. The summed E-state index contributed by atoms with van der Waals surface area (Å²) in [7, 11) is 1.99. The largest absolute Gasteiger partial charge is 0.339 e. The van der Waals surface area contributed by atoms with Crippen molar-refractivity contribution in [1.82, 2.24) is 15.1 Å². The zero-order chi connectivity index (χ0) is 19.6. The van der Waals surface area contributed by atoms with Gasteiger partial charge in [0.2, 0.25) is 5.91 Å². The number of likely N-dealkylation sites (tertiary alicyclic amines) is 1. The molecule has 1 saturated heterocycles. The van der Waals surface area contributed by atoms with Crippen LogP contribution in [0.25, 0.3) is 0 Å². The number of nitrogens with one attached hydrogen (secondary N) is 2. The fraction of sp³-hybridized carbons (Fsp3) is 0.619. The Labute approximate surface area is 163 Å². The fourth-order valence-corrected chi connectivity index (χ4v) is 3.61. The minimum Gasteiger partial charge on any atom is -0.339 e. The normalized spacial score (nSPS) is 15.5. The van der Waals surface area contributed by atoms with Crippen molar-refractivity contribution in [3.8, 4) is 0 Å². The lowest BCUT2D eigenvalue weighted by molar-refractivity contribution is -0.117. The highest BCUT2D eigenvalue weighted by Crippen LogP contribution is 2.20. The molecule has 0 radical (unpaired) electrons. The van der Waals surface area contributed by atoms with Gasteiger partial charge in [0.25, 0.3) is 5.91 Å². The van der Waals surface area contributed by atoms with E-state index in [0.29, 0.717) is 30.9 Å². The second kappa shape index (κ2) is 11.0. The number of carbonyl (C=O) groups is 2. The number of amides is 2. The second-order valence-corrected chi connectivity index (χ2v) is 7.22. The molecule has 6 heteroatoms.